The maximum Gasteiger partial charge on any atom is 0.255 e. The van der Waals surface area contributed by atoms with Gasteiger partial charge in [0.05, 0.1) is 5.56 Å². The van der Waals surface area contributed by atoms with Crippen LogP contribution in [0.25, 0.3) is 10.8 Å². The standard InChI is InChI=1S/C17H18BrNO2/c18-13-7-5-11(9-13)10-19-17(21)15-8-6-12-3-1-2-4-14(12)16(15)20/h1-4,6,8,11,13,20H,5,7,9-10H2,(H,19,21). The molecule has 2 aromatic carbocycles. The van der Waals surface area contributed by atoms with Gasteiger partial charge in [0, 0.05) is 16.8 Å². The van der Waals surface area contributed by atoms with Crippen molar-refractivity contribution in [3.8, 4) is 5.75 Å². The Kier molecular flexibility index (Phi) is 4.15. The van der Waals surface area contributed by atoms with E-state index in [0.29, 0.717) is 28.2 Å². The lowest BCUT2D eigenvalue weighted by atomic mass is 10.0. The summed E-state index contributed by atoms with van der Waals surface area (Å²) in [6, 6.07) is 11.1. The summed E-state index contributed by atoms with van der Waals surface area (Å²) in [5, 5.41) is 14.9. The molecule has 0 bridgehead atoms. The summed E-state index contributed by atoms with van der Waals surface area (Å²) in [7, 11) is 0. The molecule has 0 heterocycles. The van der Waals surface area contributed by atoms with Crippen molar-refractivity contribution >= 4 is 32.6 Å². The Hall–Kier alpha value is -1.55. The summed E-state index contributed by atoms with van der Waals surface area (Å²) in [5.41, 5.74) is 0.349. The van der Waals surface area contributed by atoms with Gasteiger partial charge in [-0.3, -0.25) is 4.79 Å². The third-order valence-electron chi connectivity index (χ3n) is 4.17. The third-order valence-corrected chi connectivity index (χ3v) is 5.01. The number of hydrogen-bond donors (Lipinski definition) is 2. The molecular weight excluding hydrogens is 330 g/mol. The molecule has 1 aliphatic carbocycles. The van der Waals surface area contributed by atoms with Crippen molar-refractivity contribution in [2.45, 2.75) is 24.1 Å². The van der Waals surface area contributed by atoms with E-state index in [1.54, 1.807) is 6.07 Å². The first-order valence-electron chi connectivity index (χ1n) is 7.28. The van der Waals surface area contributed by atoms with Crippen LogP contribution in [0.4, 0.5) is 0 Å². The van der Waals surface area contributed by atoms with Crippen molar-refractivity contribution in [3.05, 3.63) is 42.0 Å². The summed E-state index contributed by atoms with van der Waals surface area (Å²) in [5.74, 6) is 0.396. The number of carbonyl (C=O) groups is 1. The fourth-order valence-corrected chi connectivity index (χ4v) is 3.76. The van der Waals surface area contributed by atoms with Crippen molar-refractivity contribution in [2.75, 3.05) is 6.54 Å². The molecule has 3 nitrogen and oxygen atoms in total. The minimum Gasteiger partial charge on any atom is -0.506 e. The molecule has 1 saturated carbocycles. The average Bonchev–Trinajstić information content (AvgIpc) is 2.91. The molecule has 2 N–H and O–H groups in total. The number of rotatable bonds is 3. The molecule has 0 radical (unpaired) electrons. The maximum absolute atomic E-state index is 12.3. The first-order valence-corrected chi connectivity index (χ1v) is 8.19. The van der Waals surface area contributed by atoms with Crippen LogP contribution >= 0.6 is 15.9 Å². The van der Waals surface area contributed by atoms with Gasteiger partial charge in [-0.2, -0.15) is 0 Å². The summed E-state index contributed by atoms with van der Waals surface area (Å²) in [6.07, 6.45) is 3.41. The second-order valence-corrected chi connectivity index (χ2v) is 6.96. The van der Waals surface area contributed by atoms with Crippen LogP contribution in [0, 0.1) is 5.92 Å². The lowest BCUT2D eigenvalue weighted by molar-refractivity contribution is 0.0945. The number of hydrogen-bond acceptors (Lipinski definition) is 2. The summed E-state index contributed by atoms with van der Waals surface area (Å²) in [6.45, 7) is 0.674. The molecule has 110 valence electrons. The van der Waals surface area contributed by atoms with Crippen LogP contribution in [0.3, 0.4) is 0 Å². The van der Waals surface area contributed by atoms with Crippen LogP contribution in [0.5, 0.6) is 5.75 Å². The van der Waals surface area contributed by atoms with Gasteiger partial charge in [-0.15, -0.1) is 0 Å². The van der Waals surface area contributed by atoms with Gasteiger partial charge in [0.15, 0.2) is 0 Å². The van der Waals surface area contributed by atoms with Crippen LogP contribution in [-0.2, 0) is 0 Å². The topological polar surface area (TPSA) is 49.3 Å². The van der Waals surface area contributed by atoms with Crippen LogP contribution in [-0.4, -0.2) is 22.4 Å². The number of carbonyl (C=O) groups excluding carboxylic acids is 1. The molecule has 0 aliphatic heterocycles. The SMILES string of the molecule is O=C(NCC1CCC(Br)C1)c1ccc2ccccc2c1O. The fourth-order valence-electron chi connectivity index (χ4n) is 2.97. The van der Waals surface area contributed by atoms with Crippen molar-refractivity contribution in [2.24, 2.45) is 5.92 Å². The quantitative estimate of drug-likeness (QED) is 0.828. The molecule has 2 aromatic rings. The van der Waals surface area contributed by atoms with Gasteiger partial charge >= 0.3 is 0 Å². The highest BCUT2D eigenvalue weighted by molar-refractivity contribution is 9.09. The highest BCUT2D eigenvalue weighted by Crippen LogP contribution is 2.31. The third kappa shape index (κ3) is 3.05. The van der Waals surface area contributed by atoms with Gasteiger partial charge in [-0.25, -0.2) is 0 Å². The number of aromatic hydroxyl groups is 1. The number of fused-ring (bicyclic) bond motifs is 1. The Morgan fingerprint density at radius 2 is 2.05 bits per heavy atom. The first-order chi connectivity index (χ1) is 10.1. The van der Waals surface area contributed by atoms with Crippen molar-refractivity contribution < 1.29 is 9.90 Å². The second-order valence-electron chi connectivity index (χ2n) is 5.67. The minimum absolute atomic E-state index is 0.0652. The molecule has 3 rings (SSSR count). The normalized spacial score (nSPS) is 21.6. The molecule has 21 heavy (non-hydrogen) atoms. The zero-order valence-corrected chi connectivity index (χ0v) is 13.3. The van der Waals surface area contributed by atoms with Gasteiger partial charge in [-0.1, -0.05) is 46.3 Å². The maximum atomic E-state index is 12.3. The lowest BCUT2D eigenvalue weighted by Crippen LogP contribution is -2.28. The second kappa shape index (κ2) is 6.06. The van der Waals surface area contributed by atoms with E-state index >= 15 is 0 Å². The Morgan fingerprint density at radius 3 is 2.81 bits per heavy atom. The van der Waals surface area contributed by atoms with Crippen molar-refractivity contribution in [1.82, 2.24) is 5.32 Å². The lowest BCUT2D eigenvalue weighted by Gasteiger charge is -2.12. The van der Waals surface area contributed by atoms with Crippen LogP contribution < -0.4 is 5.32 Å². The average molecular weight is 348 g/mol. The highest BCUT2D eigenvalue weighted by atomic mass is 79.9. The summed E-state index contributed by atoms with van der Waals surface area (Å²) < 4.78 is 0. The number of halogens is 1. The van der Waals surface area contributed by atoms with E-state index in [4.69, 9.17) is 0 Å². The number of amides is 1. The molecule has 0 saturated heterocycles. The summed E-state index contributed by atoms with van der Waals surface area (Å²) >= 11 is 3.62. The molecule has 1 aliphatic rings. The van der Waals surface area contributed by atoms with Gasteiger partial charge < -0.3 is 10.4 Å². The van der Waals surface area contributed by atoms with Crippen LogP contribution in [0.2, 0.25) is 0 Å². The van der Waals surface area contributed by atoms with Crippen LogP contribution in [0.15, 0.2) is 36.4 Å². The largest absolute Gasteiger partial charge is 0.506 e. The molecule has 2 unspecified atom stereocenters. The van der Waals surface area contributed by atoms with Gasteiger partial charge in [0.2, 0.25) is 0 Å². The molecule has 2 atom stereocenters. The molecule has 0 aromatic heterocycles. The van der Waals surface area contributed by atoms with E-state index in [0.717, 1.165) is 18.2 Å². The molecule has 1 amide bonds. The number of benzene rings is 2. The number of phenols is 1. The molecule has 1 fully saturated rings. The Labute approximate surface area is 132 Å². The van der Waals surface area contributed by atoms with Crippen LogP contribution in [0.1, 0.15) is 29.6 Å². The monoisotopic (exact) mass is 347 g/mol. The van der Waals surface area contributed by atoms with Gasteiger partial charge in [0.25, 0.3) is 5.91 Å². The zero-order chi connectivity index (χ0) is 14.8. The number of nitrogens with one attached hydrogen (secondary N) is 1. The van der Waals surface area contributed by atoms with E-state index in [1.807, 2.05) is 30.3 Å². The van der Waals surface area contributed by atoms with E-state index in [2.05, 4.69) is 21.2 Å². The van der Waals surface area contributed by atoms with Gasteiger partial charge in [0.1, 0.15) is 5.75 Å². The number of phenolic OH excluding ortho intramolecular Hbond substituents is 1. The zero-order valence-electron chi connectivity index (χ0n) is 11.7. The van der Waals surface area contributed by atoms with E-state index in [1.165, 1.54) is 6.42 Å². The Balaban J connectivity index is 1.74. The fraction of sp³-hybridized carbons (Fsp3) is 0.353. The van der Waals surface area contributed by atoms with Crippen molar-refractivity contribution in [1.29, 1.82) is 0 Å². The smallest absolute Gasteiger partial charge is 0.255 e. The van der Waals surface area contributed by atoms with Gasteiger partial charge in [-0.05, 0) is 36.6 Å². The molecule has 4 heteroatoms. The van der Waals surface area contributed by atoms with E-state index in [9.17, 15) is 9.90 Å². The summed E-state index contributed by atoms with van der Waals surface area (Å²) in [4.78, 5) is 12.8. The Morgan fingerprint density at radius 1 is 1.24 bits per heavy atom. The predicted molar refractivity (Wildman–Crippen MR) is 88.0 cm³/mol. The molecule has 0 spiro atoms. The minimum atomic E-state index is -0.198. The first kappa shape index (κ1) is 14.4. The molecular formula is C17H18BrNO2. The van der Waals surface area contributed by atoms with E-state index < -0.39 is 0 Å². The Bertz CT molecular complexity index is 671. The predicted octanol–water partition coefficient (Wildman–Crippen LogP) is 3.84. The highest BCUT2D eigenvalue weighted by Gasteiger charge is 2.23. The number of alkyl halides is 1. The van der Waals surface area contributed by atoms with Crippen molar-refractivity contribution in [3.63, 3.8) is 0 Å². The van der Waals surface area contributed by atoms with E-state index in [-0.39, 0.29) is 11.7 Å².